The number of carbonyl (C=O) groups excluding carboxylic acids is 1. The molecular weight excluding hydrogens is 314 g/mol. The van der Waals surface area contributed by atoms with Gasteiger partial charge in [-0.2, -0.15) is 0 Å². The van der Waals surface area contributed by atoms with Crippen LogP contribution in [0, 0.1) is 10.1 Å². The summed E-state index contributed by atoms with van der Waals surface area (Å²) >= 11 is 3.31. The highest BCUT2D eigenvalue weighted by molar-refractivity contribution is 9.10. The molecule has 0 aliphatic carbocycles. The van der Waals surface area contributed by atoms with E-state index in [0.29, 0.717) is 0 Å². The molecule has 0 aliphatic rings. The van der Waals surface area contributed by atoms with Gasteiger partial charge in [-0.05, 0) is 29.8 Å². The Morgan fingerprint density at radius 1 is 1.21 bits per heavy atom. The third-order valence-electron chi connectivity index (χ3n) is 2.31. The largest absolute Gasteiger partial charge is 0.433 e. The summed E-state index contributed by atoms with van der Waals surface area (Å²) in [6, 6.07) is 9.80. The molecule has 5 nitrogen and oxygen atoms in total. The molecule has 0 fully saturated rings. The number of halogens is 1. The number of hydrogen-bond acceptors (Lipinski definition) is 4. The van der Waals surface area contributed by atoms with E-state index in [1.807, 2.05) is 24.3 Å². The molecule has 0 radical (unpaired) electrons. The Bertz CT molecular complexity index is 643. The fourth-order valence-corrected chi connectivity index (χ4v) is 1.65. The summed E-state index contributed by atoms with van der Waals surface area (Å²) in [6.07, 6.45) is 2.93. The van der Waals surface area contributed by atoms with Crippen LogP contribution < -0.4 is 0 Å². The highest BCUT2D eigenvalue weighted by Gasteiger charge is 2.15. The van der Waals surface area contributed by atoms with Crippen LogP contribution in [0.3, 0.4) is 0 Å². The van der Waals surface area contributed by atoms with Crippen molar-refractivity contribution in [3.05, 3.63) is 68.4 Å². The van der Waals surface area contributed by atoms with Gasteiger partial charge in [-0.25, -0.2) is 0 Å². The minimum Gasteiger partial charge on any atom is -0.397 e. The van der Waals surface area contributed by atoms with Crippen LogP contribution in [0.1, 0.15) is 16.1 Å². The maximum atomic E-state index is 11.7. The van der Waals surface area contributed by atoms with Gasteiger partial charge >= 0.3 is 5.88 Å². The molecule has 0 unspecified atom stereocenters. The van der Waals surface area contributed by atoms with Gasteiger partial charge in [0.1, 0.15) is 4.92 Å². The molecule has 96 valence electrons. The number of carbonyl (C=O) groups is 1. The normalized spacial score (nSPS) is 10.8. The van der Waals surface area contributed by atoms with Crippen molar-refractivity contribution >= 4 is 33.7 Å². The number of allylic oxidation sites excluding steroid dienone is 1. The highest BCUT2D eigenvalue weighted by atomic mass is 79.9. The fraction of sp³-hybridized carbons (Fsp3) is 0. The lowest BCUT2D eigenvalue weighted by Gasteiger charge is -1.93. The number of furan rings is 1. The first-order valence-corrected chi connectivity index (χ1v) is 6.08. The molecule has 0 amide bonds. The van der Waals surface area contributed by atoms with Crippen molar-refractivity contribution in [2.24, 2.45) is 0 Å². The molecule has 0 atom stereocenters. The number of nitro groups is 1. The Labute approximate surface area is 116 Å². The molecule has 0 spiro atoms. The summed E-state index contributed by atoms with van der Waals surface area (Å²) in [5.74, 6) is -0.920. The van der Waals surface area contributed by atoms with Gasteiger partial charge in [0.15, 0.2) is 5.76 Å². The van der Waals surface area contributed by atoms with Gasteiger partial charge < -0.3 is 4.42 Å². The van der Waals surface area contributed by atoms with Crippen LogP contribution in [-0.4, -0.2) is 10.7 Å². The number of hydrogen-bond donors (Lipinski definition) is 0. The zero-order chi connectivity index (χ0) is 13.8. The Hall–Kier alpha value is -2.21. The van der Waals surface area contributed by atoms with Crippen molar-refractivity contribution in [1.82, 2.24) is 0 Å². The molecule has 6 heteroatoms. The molecule has 1 aromatic carbocycles. The topological polar surface area (TPSA) is 73.3 Å². The quantitative estimate of drug-likeness (QED) is 0.371. The summed E-state index contributed by atoms with van der Waals surface area (Å²) in [5.41, 5.74) is 0.845. The van der Waals surface area contributed by atoms with E-state index in [4.69, 9.17) is 4.42 Å². The Morgan fingerprint density at radius 3 is 2.47 bits per heavy atom. The summed E-state index contributed by atoms with van der Waals surface area (Å²) in [4.78, 5) is 21.4. The van der Waals surface area contributed by atoms with E-state index in [-0.39, 0.29) is 5.76 Å². The second-order valence-electron chi connectivity index (χ2n) is 3.64. The lowest BCUT2D eigenvalue weighted by Crippen LogP contribution is -1.91. The molecule has 0 aliphatic heterocycles. The van der Waals surface area contributed by atoms with Crippen molar-refractivity contribution in [2.75, 3.05) is 0 Å². The molecule has 1 heterocycles. The average molecular weight is 322 g/mol. The molecule has 1 aromatic heterocycles. The van der Waals surface area contributed by atoms with Crippen molar-refractivity contribution in [3.63, 3.8) is 0 Å². The van der Waals surface area contributed by atoms with E-state index in [1.165, 1.54) is 12.1 Å². The Morgan fingerprint density at radius 2 is 1.89 bits per heavy atom. The maximum Gasteiger partial charge on any atom is 0.433 e. The Kier molecular flexibility index (Phi) is 3.91. The lowest BCUT2D eigenvalue weighted by atomic mass is 10.2. The van der Waals surface area contributed by atoms with Crippen LogP contribution >= 0.6 is 15.9 Å². The first kappa shape index (κ1) is 13.2. The molecule has 0 N–H and O–H groups in total. The molecule has 19 heavy (non-hydrogen) atoms. The fourth-order valence-electron chi connectivity index (χ4n) is 1.39. The van der Waals surface area contributed by atoms with Crippen LogP contribution in [0.4, 0.5) is 5.88 Å². The predicted octanol–water partition coefficient (Wildman–Crippen LogP) is 3.85. The number of rotatable bonds is 4. The maximum absolute atomic E-state index is 11.7. The van der Waals surface area contributed by atoms with Crippen LogP contribution in [-0.2, 0) is 0 Å². The molecule has 0 saturated carbocycles. The molecular formula is C13H8BrNO4. The monoisotopic (exact) mass is 321 g/mol. The number of nitrogens with zero attached hydrogens (tertiary/aromatic N) is 1. The van der Waals surface area contributed by atoms with E-state index in [9.17, 15) is 14.9 Å². The minimum atomic E-state index is -0.685. The molecule has 2 rings (SSSR count). The third-order valence-corrected chi connectivity index (χ3v) is 2.84. The van der Waals surface area contributed by atoms with E-state index < -0.39 is 16.6 Å². The minimum absolute atomic E-state index is 0.0555. The van der Waals surface area contributed by atoms with E-state index in [2.05, 4.69) is 15.9 Å². The van der Waals surface area contributed by atoms with E-state index in [0.717, 1.165) is 16.1 Å². The van der Waals surface area contributed by atoms with Gasteiger partial charge in [-0.15, -0.1) is 0 Å². The van der Waals surface area contributed by atoms with E-state index >= 15 is 0 Å². The summed E-state index contributed by atoms with van der Waals surface area (Å²) in [7, 11) is 0. The van der Waals surface area contributed by atoms with Gasteiger partial charge in [-0.1, -0.05) is 34.1 Å². The predicted molar refractivity (Wildman–Crippen MR) is 72.9 cm³/mol. The first-order chi connectivity index (χ1) is 9.06. The zero-order valence-electron chi connectivity index (χ0n) is 9.58. The lowest BCUT2D eigenvalue weighted by molar-refractivity contribution is -0.402. The molecule has 2 aromatic rings. The Balaban J connectivity index is 2.11. The number of benzene rings is 1. The summed E-state index contributed by atoms with van der Waals surface area (Å²) in [5, 5.41) is 10.4. The van der Waals surface area contributed by atoms with Crippen LogP contribution in [0.25, 0.3) is 6.08 Å². The van der Waals surface area contributed by atoms with Gasteiger partial charge in [0.2, 0.25) is 5.78 Å². The zero-order valence-corrected chi connectivity index (χ0v) is 11.2. The van der Waals surface area contributed by atoms with Crippen LogP contribution in [0.2, 0.25) is 0 Å². The first-order valence-electron chi connectivity index (χ1n) is 5.28. The smallest absolute Gasteiger partial charge is 0.397 e. The number of ketones is 1. The van der Waals surface area contributed by atoms with E-state index in [1.54, 1.807) is 6.08 Å². The molecule has 0 bridgehead atoms. The van der Waals surface area contributed by atoms with Crippen molar-refractivity contribution in [1.29, 1.82) is 0 Å². The second-order valence-corrected chi connectivity index (χ2v) is 4.56. The SMILES string of the molecule is O=C(/C=C/c1ccc(Br)cc1)c1ccc([N+](=O)[O-])o1. The van der Waals surface area contributed by atoms with Crippen LogP contribution in [0.15, 0.2) is 51.4 Å². The summed E-state index contributed by atoms with van der Waals surface area (Å²) in [6.45, 7) is 0. The van der Waals surface area contributed by atoms with Crippen molar-refractivity contribution in [2.45, 2.75) is 0 Å². The van der Waals surface area contributed by atoms with Crippen molar-refractivity contribution in [3.8, 4) is 0 Å². The standard InChI is InChI=1S/C13H8BrNO4/c14-10-4-1-9(2-5-10)3-6-11(16)12-7-8-13(19-12)15(17)18/h1-8H/b6-3+. The van der Waals surface area contributed by atoms with Gasteiger partial charge in [-0.3, -0.25) is 14.9 Å². The third kappa shape index (κ3) is 3.38. The van der Waals surface area contributed by atoms with Crippen molar-refractivity contribution < 1.29 is 14.1 Å². The molecule has 0 saturated heterocycles. The highest BCUT2D eigenvalue weighted by Crippen LogP contribution is 2.17. The average Bonchev–Trinajstić information content (AvgIpc) is 2.87. The van der Waals surface area contributed by atoms with Crippen LogP contribution in [0.5, 0.6) is 0 Å². The van der Waals surface area contributed by atoms with Gasteiger partial charge in [0, 0.05) is 4.47 Å². The van der Waals surface area contributed by atoms with Gasteiger partial charge in [0.25, 0.3) is 0 Å². The summed E-state index contributed by atoms with van der Waals surface area (Å²) < 4.78 is 5.75. The van der Waals surface area contributed by atoms with Gasteiger partial charge in [0.05, 0.1) is 6.07 Å². The second kappa shape index (κ2) is 5.62.